The maximum absolute atomic E-state index is 11.8. The zero-order chi connectivity index (χ0) is 14.8. The van der Waals surface area contributed by atoms with E-state index >= 15 is 0 Å². The van der Waals surface area contributed by atoms with Gasteiger partial charge in [-0.25, -0.2) is 0 Å². The summed E-state index contributed by atoms with van der Waals surface area (Å²) in [6.07, 6.45) is 3.11. The lowest BCUT2D eigenvalue weighted by molar-refractivity contribution is -0.122. The number of likely N-dealkylation sites (N-methyl/N-ethyl adjacent to an activating group) is 1. The number of piperidine rings is 1. The summed E-state index contributed by atoms with van der Waals surface area (Å²) in [6, 6.07) is 0. The van der Waals surface area contributed by atoms with Crippen LogP contribution in [0.1, 0.15) is 26.2 Å². The van der Waals surface area contributed by atoms with Crippen molar-refractivity contribution in [2.75, 3.05) is 53.5 Å². The van der Waals surface area contributed by atoms with Crippen molar-refractivity contribution in [3.8, 4) is 0 Å². The van der Waals surface area contributed by atoms with Gasteiger partial charge in [0.1, 0.15) is 0 Å². The lowest BCUT2D eigenvalue weighted by atomic mass is 9.85. The van der Waals surface area contributed by atoms with Crippen LogP contribution in [-0.2, 0) is 9.53 Å². The molecule has 1 fully saturated rings. The minimum atomic E-state index is 0. The minimum Gasteiger partial charge on any atom is -0.378 e. The van der Waals surface area contributed by atoms with Crippen LogP contribution in [0.15, 0.2) is 0 Å². The number of rotatable bonds is 9. The molecule has 5 nitrogen and oxygen atoms in total. The molecular formula is C15H32ClN3O2. The first-order chi connectivity index (χ1) is 9.59. The highest BCUT2D eigenvalue weighted by molar-refractivity contribution is 5.85. The highest BCUT2D eigenvalue weighted by Gasteiger charge is 2.21. The van der Waals surface area contributed by atoms with Crippen molar-refractivity contribution in [2.24, 2.45) is 11.8 Å². The fraction of sp³-hybridized carbons (Fsp3) is 0.933. The van der Waals surface area contributed by atoms with Gasteiger partial charge in [-0.2, -0.15) is 0 Å². The average Bonchev–Trinajstić information content (AvgIpc) is 2.43. The van der Waals surface area contributed by atoms with E-state index in [0.717, 1.165) is 19.6 Å². The molecular weight excluding hydrogens is 290 g/mol. The standard InChI is InChI=1S/C15H31N3O2.ClH/c1-13(14-5-4-6-16-12-14)11-15(19)17-7-9-20-10-8-18(2)3;/h13-14,16H,4-12H2,1-3H3,(H,17,19);1H. The summed E-state index contributed by atoms with van der Waals surface area (Å²) in [5, 5.41) is 6.35. The van der Waals surface area contributed by atoms with Crippen molar-refractivity contribution < 1.29 is 9.53 Å². The van der Waals surface area contributed by atoms with Gasteiger partial charge in [-0.05, 0) is 51.9 Å². The molecule has 1 saturated heterocycles. The van der Waals surface area contributed by atoms with Gasteiger partial charge >= 0.3 is 0 Å². The number of nitrogens with zero attached hydrogens (tertiary/aromatic N) is 1. The van der Waals surface area contributed by atoms with Crippen LogP contribution < -0.4 is 10.6 Å². The molecule has 0 aliphatic carbocycles. The first-order valence-electron chi connectivity index (χ1n) is 7.79. The van der Waals surface area contributed by atoms with Gasteiger partial charge in [-0.3, -0.25) is 4.79 Å². The van der Waals surface area contributed by atoms with E-state index in [9.17, 15) is 4.79 Å². The Morgan fingerprint density at radius 1 is 1.43 bits per heavy atom. The number of ether oxygens (including phenoxy) is 1. The fourth-order valence-corrected chi connectivity index (χ4v) is 2.51. The molecule has 0 bridgehead atoms. The molecule has 2 unspecified atom stereocenters. The molecule has 6 heteroatoms. The summed E-state index contributed by atoms with van der Waals surface area (Å²) in [7, 11) is 4.04. The van der Waals surface area contributed by atoms with Crippen LogP contribution in [0, 0.1) is 11.8 Å². The molecule has 1 aliphatic rings. The van der Waals surface area contributed by atoms with Crippen molar-refractivity contribution in [2.45, 2.75) is 26.2 Å². The molecule has 1 aliphatic heterocycles. The van der Waals surface area contributed by atoms with Gasteiger partial charge in [0.2, 0.25) is 5.91 Å². The summed E-state index contributed by atoms with van der Waals surface area (Å²) in [5.41, 5.74) is 0. The van der Waals surface area contributed by atoms with Gasteiger partial charge in [0.05, 0.1) is 13.2 Å². The lowest BCUT2D eigenvalue weighted by Crippen LogP contribution is -2.36. The summed E-state index contributed by atoms with van der Waals surface area (Å²) in [5.74, 6) is 1.25. The monoisotopic (exact) mass is 321 g/mol. The second kappa shape index (κ2) is 12.2. The van der Waals surface area contributed by atoms with Crippen LogP contribution in [0.25, 0.3) is 0 Å². The second-order valence-corrected chi connectivity index (χ2v) is 6.05. The molecule has 2 atom stereocenters. The lowest BCUT2D eigenvalue weighted by Gasteiger charge is -2.28. The third-order valence-corrected chi connectivity index (χ3v) is 3.90. The highest BCUT2D eigenvalue weighted by Crippen LogP contribution is 2.22. The maximum atomic E-state index is 11.8. The predicted octanol–water partition coefficient (Wildman–Crippen LogP) is 1.13. The van der Waals surface area contributed by atoms with Gasteiger partial charge in [-0.15, -0.1) is 12.4 Å². The number of carbonyl (C=O) groups is 1. The van der Waals surface area contributed by atoms with Gasteiger partial charge < -0.3 is 20.3 Å². The summed E-state index contributed by atoms with van der Waals surface area (Å²) < 4.78 is 5.45. The van der Waals surface area contributed by atoms with Crippen LogP contribution in [0.4, 0.5) is 0 Å². The molecule has 2 N–H and O–H groups in total. The normalized spacial score (nSPS) is 19.9. The molecule has 0 radical (unpaired) electrons. The largest absolute Gasteiger partial charge is 0.378 e. The average molecular weight is 322 g/mol. The Morgan fingerprint density at radius 2 is 2.19 bits per heavy atom. The Balaban J connectivity index is 0.00000400. The van der Waals surface area contributed by atoms with E-state index in [1.165, 1.54) is 12.8 Å². The van der Waals surface area contributed by atoms with E-state index in [2.05, 4.69) is 22.5 Å². The van der Waals surface area contributed by atoms with E-state index in [1.54, 1.807) is 0 Å². The van der Waals surface area contributed by atoms with Crippen molar-refractivity contribution >= 4 is 18.3 Å². The first kappa shape index (κ1) is 20.6. The molecule has 0 aromatic heterocycles. The predicted molar refractivity (Wildman–Crippen MR) is 89.0 cm³/mol. The second-order valence-electron chi connectivity index (χ2n) is 6.05. The van der Waals surface area contributed by atoms with Gasteiger partial charge in [0.15, 0.2) is 0 Å². The van der Waals surface area contributed by atoms with E-state index in [1.807, 2.05) is 14.1 Å². The summed E-state index contributed by atoms with van der Waals surface area (Å²) in [6.45, 7) is 7.21. The maximum Gasteiger partial charge on any atom is 0.220 e. The number of nitrogens with one attached hydrogen (secondary N) is 2. The van der Waals surface area contributed by atoms with Gasteiger partial charge in [-0.1, -0.05) is 6.92 Å². The van der Waals surface area contributed by atoms with E-state index in [-0.39, 0.29) is 18.3 Å². The van der Waals surface area contributed by atoms with Gasteiger partial charge in [0.25, 0.3) is 0 Å². The van der Waals surface area contributed by atoms with E-state index in [4.69, 9.17) is 4.74 Å². The number of amides is 1. The Morgan fingerprint density at radius 3 is 2.81 bits per heavy atom. The van der Waals surface area contributed by atoms with Crippen molar-refractivity contribution in [1.29, 1.82) is 0 Å². The third-order valence-electron chi connectivity index (χ3n) is 3.90. The molecule has 1 heterocycles. The van der Waals surface area contributed by atoms with Gasteiger partial charge in [0, 0.05) is 19.5 Å². The Kier molecular flexibility index (Phi) is 12.0. The molecule has 1 amide bonds. The number of halogens is 1. The quantitative estimate of drug-likeness (QED) is 0.625. The Labute approximate surface area is 135 Å². The zero-order valence-corrected chi connectivity index (χ0v) is 14.5. The molecule has 0 aromatic carbocycles. The SMILES string of the molecule is CC(CC(=O)NCCOCCN(C)C)C1CCCNC1.Cl. The van der Waals surface area contributed by atoms with Crippen LogP contribution in [0.5, 0.6) is 0 Å². The smallest absolute Gasteiger partial charge is 0.220 e. The summed E-state index contributed by atoms with van der Waals surface area (Å²) in [4.78, 5) is 13.9. The van der Waals surface area contributed by atoms with E-state index < -0.39 is 0 Å². The van der Waals surface area contributed by atoms with Crippen molar-refractivity contribution in [3.05, 3.63) is 0 Å². The van der Waals surface area contributed by atoms with Crippen LogP contribution >= 0.6 is 12.4 Å². The first-order valence-corrected chi connectivity index (χ1v) is 7.79. The van der Waals surface area contributed by atoms with Crippen molar-refractivity contribution in [1.82, 2.24) is 15.5 Å². The summed E-state index contributed by atoms with van der Waals surface area (Å²) >= 11 is 0. The molecule has 0 spiro atoms. The minimum absolute atomic E-state index is 0. The molecule has 21 heavy (non-hydrogen) atoms. The van der Waals surface area contributed by atoms with Crippen LogP contribution in [0.3, 0.4) is 0 Å². The third kappa shape index (κ3) is 10.1. The zero-order valence-electron chi connectivity index (χ0n) is 13.7. The highest BCUT2D eigenvalue weighted by atomic mass is 35.5. The number of hydrogen-bond acceptors (Lipinski definition) is 4. The molecule has 0 aromatic rings. The number of carbonyl (C=O) groups excluding carboxylic acids is 1. The Hall–Kier alpha value is -0.360. The molecule has 126 valence electrons. The fourth-order valence-electron chi connectivity index (χ4n) is 2.51. The molecule has 0 saturated carbocycles. The van der Waals surface area contributed by atoms with Crippen molar-refractivity contribution in [3.63, 3.8) is 0 Å². The number of hydrogen-bond donors (Lipinski definition) is 2. The molecule has 1 rings (SSSR count). The Bertz CT molecular complexity index is 272. The topological polar surface area (TPSA) is 53.6 Å². The van der Waals surface area contributed by atoms with E-state index in [0.29, 0.717) is 38.0 Å². The van der Waals surface area contributed by atoms with Crippen LogP contribution in [-0.4, -0.2) is 64.3 Å². The van der Waals surface area contributed by atoms with Crippen LogP contribution in [0.2, 0.25) is 0 Å².